The van der Waals surface area contributed by atoms with Crippen molar-refractivity contribution in [2.24, 2.45) is 4.99 Å². The summed E-state index contributed by atoms with van der Waals surface area (Å²) in [6, 6.07) is 0.744. The van der Waals surface area contributed by atoms with E-state index < -0.39 is 0 Å². The average Bonchev–Trinajstić information content (AvgIpc) is 2.41. The van der Waals surface area contributed by atoms with Crippen molar-refractivity contribution in [3.05, 3.63) is 11.6 Å². The Morgan fingerprint density at radius 2 is 1.90 bits per heavy atom. The Hall–Kier alpha value is -0.630. The molecule has 2 heteroatoms. The molecule has 0 aromatic carbocycles. The molecule has 0 unspecified atom stereocenters. The third-order valence-electron chi connectivity index (χ3n) is 3.85. The predicted octanol–water partition coefficient (Wildman–Crippen LogP) is 4.89. The first-order valence-electron chi connectivity index (χ1n) is 8.48. The van der Waals surface area contributed by atoms with Gasteiger partial charge in [0.05, 0.1) is 5.54 Å². The first-order chi connectivity index (χ1) is 9.51. The Kier molecular flexibility index (Phi) is 8.13. The van der Waals surface area contributed by atoms with Crippen molar-refractivity contribution in [2.45, 2.75) is 90.6 Å². The number of nitrogens with zero attached hydrogens (tertiary/aromatic N) is 1. The van der Waals surface area contributed by atoms with Crippen LogP contribution in [0.1, 0.15) is 79.1 Å². The van der Waals surface area contributed by atoms with Crippen LogP contribution in [0.2, 0.25) is 0 Å². The van der Waals surface area contributed by atoms with Crippen molar-refractivity contribution in [1.82, 2.24) is 5.32 Å². The molecule has 0 aromatic heterocycles. The van der Waals surface area contributed by atoms with E-state index in [4.69, 9.17) is 0 Å². The van der Waals surface area contributed by atoms with Gasteiger partial charge in [-0.15, -0.1) is 0 Å². The molecule has 0 bridgehead atoms. The zero-order chi connectivity index (χ0) is 14.8. The lowest BCUT2D eigenvalue weighted by atomic mass is 9.95. The maximum atomic E-state index is 4.57. The van der Waals surface area contributed by atoms with Crippen LogP contribution in [-0.4, -0.2) is 24.3 Å². The van der Waals surface area contributed by atoms with Crippen molar-refractivity contribution < 1.29 is 0 Å². The quantitative estimate of drug-likeness (QED) is 0.658. The SMILES string of the molecule is CCCC/C(=C\C=NC(C)(C)C)CNC1CCCCC1. The predicted molar refractivity (Wildman–Crippen MR) is 90.7 cm³/mol. The van der Waals surface area contributed by atoms with Gasteiger partial charge in [0.1, 0.15) is 0 Å². The second kappa shape index (κ2) is 9.33. The molecule has 20 heavy (non-hydrogen) atoms. The van der Waals surface area contributed by atoms with Gasteiger partial charge < -0.3 is 5.32 Å². The molecule has 1 N–H and O–H groups in total. The Morgan fingerprint density at radius 3 is 2.50 bits per heavy atom. The van der Waals surface area contributed by atoms with E-state index in [2.05, 4.69) is 44.1 Å². The number of nitrogens with one attached hydrogen (secondary N) is 1. The summed E-state index contributed by atoms with van der Waals surface area (Å²) in [6.07, 6.45) is 14.9. The van der Waals surface area contributed by atoms with E-state index in [0.717, 1.165) is 12.6 Å². The van der Waals surface area contributed by atoms with Crippen LogP contribution in [0.4, 0.5) is 0 Å². The highest BCUT2D eigenvalue weighted by atomic mass is 14.9. The minimum Gasteiger partial charge on any atom is -0.310 e. The third kappa shape index (κ3) is 8.52. The van der Waals surface area contributed by atoms with Gasteiger partial charge in [-0.2, -0.15) is 0 Å². The second-order valence-electron chi connectivity index (χ2n) is 7.09. The van der Waals surface area contributed by atoms with Crippen LogP contribution in [-0.2, 0) is 0 Å². The molecular weight excluding hydrogens is 244 g/mol. The van der Waals surface area contributed by atoms with E-state index in [9.17, 15) is 0 Å². The number of rotatable bonds is 7. The minimum absolute atomic E-state index is 0.0309. The molecule has 1 aliphatic carbocycles. The number of aliphatic imine (C=N–C) groups is 1. The van der Waals surface area contributed by atoms with Gasteiger partial charge in [0, 0.05) is 18.8 Å². The van der Waals surface area contributed by atoms with Gasteiger partial charge in [-0.3, -0.25) is 4.99 Å². The molecule has 1 saturated carbocycles. The fraction of sp³-hybridized carbons (Fsp3) is 0.833. The minimum atomic E-state index is 0.0309. The maximum Gasteiger partial charge on any atom is 0.0524 e. The van der Waals surface area contributed by atoms with Gasteiger partial charge in [-0.1, -0.05) is 38.2 Å². The largest absolute Gasteiger partial charge is 0.310 e. The second-order valence-corrected chi connectivity index (χ2v) is 7.09. The lowest BCUT2D eigenvalue weighted by molar-refractivity contribution is 0.381. The van der Waals surface area contributed by atoms with E-state index in [0.29, 0.717) is 0 Å². The molecule has 1 fully saturated rings. The highest BCUT2D eigenvalue weighted by Crippen LogP contribution is 2.18. The summed E-state index contributed by atoms with van der Waals surface area (Å²) in [4.78, 5) is 4.57. The first kappa shape index (κ1) is 17.4. The van der Waals surface area contributed by atoms with E-state index in [-0.39, 0.29) is 5.54 Å². The highest BCUT2D eigenvalue weighted by Gasteiger charge is 2.12. The topological polar surface area (TPSA) is 24.4 Å². The van der Waals surface area contributed by atoms with Gasteiger partial charge in [-0.25, -0.2) is 0 Å². The third-order valence-corrected chi connectivity index (χ3v) is 3.85. The molecular formula is C18H34N2. The van der Waals surface area contributed by atoms with Gasteiger partial charge >= 0.3 is 0 Å². The van der Waals surface area contributed by atoms with Crippen molar-refractivity contribution >= 4 is 6.21 Å². The zero-order valence-electron chi connectivity index (χ0n) is 14.0. The molecule has 0 heterocycles. The van der Waals surface area contributed by atoms with Crippen molar-refractivity contribution in [3.8, 4) is 0 Å². The molecule has 1 rings (SSSR count). The summed E-state index contributed by atoms with van der Waals surface area (Å²) < 4.78 is 0. The van der Waals surface area contributed by atoms with Crippen LogP contribution in [0, 0.1) is 0 Å². The maximum absolute atomic E-state index is 4.57. The Balaban J connectivity index is 2.45. The van der Waals surface area contributed by atoms with E-state index in [1.807, 2.05) is 6.21 Å². The van der Waals surface area contributed by atoms with Crippen LogP contribution in [0.5, 0.6) is 0 Å². The lowest BCUT2D eigenvalue weighted by Crippen LogP contribution is -2.32. The molecule has 0 saturated heterocycles. The van der Waals surface area contributed by atoms with Gasteiger partial charge in [-0.05, 0) is 52.5 Å². The molecule has 0 amide bonds. The summed E-state index contributed by atoms with van der Waals surface area (Å²) in [5.41, 5.74) is 1.54. The summed E-state index contributed by atoms with van der Waals surface area (Å²) in [5, 5.41) is 3.75. The van der Waals surface area contributed by atoms with Crippen LogP contribution >= 0.6 is 0 Å². The van der Waals surface area contributed by atoms with Gasteiger partial charge in [0.2, 0.25) is 0 Å². The molecule has 0 radical (unpaired) electrons. The van der Waals surface area contributed by atoms with Gasteiger partial charge in [0.15, 0.2) is 0 Å². The van der Waals surface area contributed by atoms with Gasteiger partial charge in [0.25, 0.3) is 0 Å². The molecule has 1 aliphatic rings. The first-order valence-corrected chi connectivity index (χ1v) is 8.48. The lowest BCUT2D eigenvalue weighted by Gasteiger charge is -2.23. The Morgan fingerprint density at radius 1 is 1.20 bits per heavy atom. The standard InChI is InChI=1S/C18H34N2/c1-5-6-10-16(13-14-20-18(2,3)4)15-19-17-11-8-7-9-12-17/h13-14,17,19H,5-12,15H2,1-4H3/b16-13+,20-14?. The monoisotopic (exact) mass is 278 g/mol. The smallest absolute Gasteiger partial charge is 0.0524 e. The highest BCUT2D eigenvalue weighted by molar-refractivity contribution is 5.72. The van der Waals surface area contributed by atoms with E-state index in [1.54, 1.807) is 0 Å². The summed E-state index contributed by atoms with van der Waals surface area (Å²) >= 11 is 0. The van der Waals surface area contributed by atoms with Crippen LogP contribution in [0.15, 0.2) is 16.6 Å². The number of hydrogen-bond donors (Lipinski definition) is 1. The Bertz CT molecular complexity index is 304. The average molecular weight is 278 g/mol. The summed E-state index contributed by atoms with van der Waals surface area (Å²) in [6.45, 7) is 9.73. The van der Waals surface area contributed by atoms with Crippen LogP contribution in [0.3, 0.4) is 0 Å². The Labute approximate surface area is 126 Å². The number of allylic oxidation sites excluding steroid dienone is 1. The fourth-order valence-electron chi connectivity index (χ4n) is 2.58. The normalized spacial score (nSPS) is 18.9. The fourth-order valence-corrected chi connectivity index (χ4v) is 2.58. The van der Waals surface area contributed by atoms with Crippen molar-refractivity contribution in [2.75, 3.05) is 6.54 Å². The molecule has 2 nitrogen and oxygen atoms in total. The van der Waals surface area contributed by atoms with E-state index >= 15 is 0 Å². The van der Waals surface area contributed by atoms with E-state index in [1.165, 1.54) is 56.9 Å². The van der Waals surface area contributed by atoms with Crippen molar-refractivity contribution in [1.29, 1.82) is 0 Å². The van der Waals surface area contributed by atoms with Crippen LogP contribution < -0.4 is 5.32 Å². The molecule has 0 aromatic rings. The molecule has 0 aliphatic heterocycles. The van der Waals surface area contributed by atoms with Crippen LogP contribution in [0.25, 0.3) is 0 Å². The molecule has 116 valence electrons. The molecule has 0 atom stereocenters. The zero-order valence-corrected chi connectivity index (χ0v) is 14.0. The summed E-state index contributed by atoms with van der Waals surface area (Å²) in [5.74, 6) is 0. The molecule has 0 spiro atoms. The number of unbranched alkanes of at least 4 members (excludes halogenated alkanes) is 1. The summed E-state index contributed by atoms with van der Waals surface area (Å²) in [7, 11) is 0. The van der Waals surface area contributed by atoms with Crippen molar-refractivity contribution in [3.63, 3.8) is 0 Å². The number of hydrogen-bond acceptors (Lipinski definition) is 2.